The fourth-order valence-electron chi connectivity index (χ4n) is 1.71. The van der Waals surface area contributed by atoms with Crippen LogP contribution in [0.1, 0.15) is 16.2 Å². The van der Waals surface area contributed by atoms with Crippen molar-refractivity contribution in [2.75, 3.05) is 0 Å². The lowest BCUT2D eigenvalue weighted by atomic mass is 10.1. The number of nitrogens with zero attached hydrogens (tertiary/aromatic N) is 4. The Morgan fingerprint density at radius 1 is 1.30 bits per heavy atom. The van der Waals surface area contributed by atoms with E-state index in [0.717, 1.165) is 17.1 Å². The van der Waals surface area contributed by atoms with Crippen LogP contribution in [0.2, 0.25) is 0 Å². The molecule has 0 aromatic carbocycles. The maximum absolute atomic E-state index is 12.8. The van der Waals surface area contributed by atoms with Crippen LogP contribution in [-0.2, 0) is 13.0 Å². The van der Waals surface area contributed by atoms with Gasteiger partial charge in [-0.25, -0.2) is 19.2 Å². The fourth-order valence-corrected chi connectivity index (χ4v) is 1.71. The zero-order valence-corrected chi connectivity index (χ0v) is 10.0. The van der Waals surface area contributed by atoms with Crippen LogP contribution in [0.4, 0.5) is 4.39 Å². The monoisotopic (exact) mass is 284 g/mol. The highest BCUT2D eigenvalue weighted by Gasteiger charge is 2.36. The van der Waals surface area contributed by atoms with E-state index in [1.54, 1.807) is 0 Å². The van der Waals surface area contributed by atoms with E-state index < -0.39 is 34.7 Å². The van der Waals surface area contributed by atoms with Crippen LogP contribution < -0.4 is 0 Å². The number of hydrogen-bond donors (Lipinski definition) is 4. The Morgan fingerprint density at radius 3 is 2.30 bits per heavy atom. The third-order valence-electron chi connectivity index (χ3n) is 2.41. The molecule has 0 aliphatic carbocycles. The molecule has 0 radical (unpaired) electrons. The molecule has 2 heterocycles. The number of aliphatic hydroxyl groups is 3. The quantitative estimate of drug-likeness (QED) is 0.515. The van der Waals surface area contributed by atoms with Crippen molar-refractivity contribution in [3.8, 4) is 11.4 Å². The smallest absolute Gasteiger partial charge is 0.357 e. The Hall–Kier alpha value is -2.43. The molecule has 0 spiro atoms. The predicted molar refractivity (Wildman–Crippen MR) is 59.5 cm³/mol. The van der Waals surface area contributed by atoms with Crippen molar-refractivity contribution in [2.45, 2.75) is 5.97 Å². The Kier molecular flexibility index (Phi) is 3.21. The summed E-state index contributed by atoms with van der Waals surface area (Å²) >= 11 is 0. The maximum atomic E-state index is 12.8. The lowest BCUT2D eigenvalue weighted by molar-refractivity contribution is -0.327. The van der Waals surface area contributed by atoms with Crippen molar-refractivity contribution in [1.82, 2.24) is 19.7 Å². The number of carboxylic acids is 1. The van der Waals surface area contributed by atoms with Crippen molar-refractivity contribution in [1.29, 1.82) is 0 Å². The van der Waals surface area contributed by atoms with E-state index in [-0.39, 0.29) is 5.82 Å². The van der Waals surface area contributed by atoms with Gasteiger partial charge in [0.25, 0.3) is 0 Å². The normalized spacial score (nSPS) is 11.7. The van der Waals surface area contributed by atoms with Gasteiger partial charge < -0.3 is 20.4 Å². The number of rotatable bonds is 3. The van der Waals surface area contributed by atoms with Crippen LogP contribution in [0.5, 0.6) is 0 Å². The van der Waals surface area contributed by atoms with Gasteiger partial charge in [0.1, 0.15) is 5.69 Å². The summed E-state index contributed by atoms with van der Waals surface area (Å²) in [5.41, 5.74) is -1.69. The molecule has 0 aliphatic rings. The molecule has 2 rings (SSSR count). The van der Waals surface area contributed by atoms with Gasteiger partial charge in [0.05, 0.1) is 18.0 Å². The summed E-state index contributed by atoms with van der Waals surface area (Å²) in [4.78, 5) is 18.2. The van der Waals surface area contributed by atoms with Gasteiger partial charge in [0, 0.05) is 7.05 Å². The average Bonchev–Trinajstić information content (AvgIpc) is 2.67. The molecule has 106 valence electrons. The molecule has 0 bridgehead atoms. The first-order valence-corrected chi connectivity index (χ1v) is 5.17. The van der Waals surface area contributed by atoms with Gasteiger partial charge in [-0.2, -0.15) is 5.10 Å². The number of aromatic carboxylic acids is 1. The summed E-state index contributed by atoms with van der Waals surface area (Å²) in [5.74, 6) is -5.95. The molecule has 2 aromatic heterocycles. The Balaban J connectivity index is 2.77. The molecule has 0 amide bonds. The van der Waals surface area contributed by atoms with E-state index >= 15 is 0 Å². The third kappa shape index (κ3) is 2.34. The molecule has 0 aliphatic heterocycles. The Morgan fingerprint density at radius 2 is 1.85 bits per heavy atom. The van der Waals surface area contributed by atoms with Crippen molar-refractivity contribution < 1.29 is 29.6 Å². The zero-order valence-electron chi connectivity index (χ0n) is 10.0. The maximum Gasteiger partial charge on any atom is 0.357 e. The molecule has 4 N–H and O–H groups in total. The van der Waals surface area contributed by atoms with E-state index in [1.165, 1.54) is 7.05 Å². The van der Waals surface area contributed by atoms with E-state index in [0.29, 0.717) is 0 Å². The van der Waals surface area contributed by atoms with Gasteiger partial charge in [0.2, 0.25) is 0 Å². The highest BCUT2D eigenvalue weighted by atomic mass is 19.1. The molecule has 0 atom stereocenters. The SMILES string of the molecule is Cn1nc(C(=O)O)c(-c2ncc(F)cn2)c1C(O)(O)O. The van der Waals surface area contributed by atoms with Gasteiger partial charge in [-0.15, -0.1) is 0 Å². The van der Waals surface area contributed by atoms with Gasteiger partial charge in [-0.3, -0.25) is 4.68 Å². The van der Waals surface area contributed by atoms with Crippen LogP contribution in [0.15, 0.2) is 12.4 Å². The summed E-state index contributed by atoms with van der Waals surface area (Å²) in [6.07, 6.45) is 1.52. The average molecular weight is 284 g/mol. The minimum atomic E-state index is -3.36. The van der Waals surface area contributed by atoms with Gasteiger partial charge in [0.15, 0.2) is 17.3 Å². The lowest BCUT2D eigenvalue weighted by Gasteiger charge is -2.15. The van der Waals surface area contributed by atoms with Gasteiger partial charge in [-0.05, 0) is 0 Å². The van der Waals surface area contributed by atoms with Crippen LogP contribution in [0.3, 0.4) is 0 Å². The van der Waals surface area contributed by atoms with Crippen molar-refractivity contribution in [3.05, 3.63) is 29.6 Å². The van der Waals surface area contributed by atoms with Crippen molar-refractivity contribution in [2.24, 2.45) is 7.05 Å². The fraction of sp³-hybridized carbons (Fsp3) is 0.200. The first-order chi connectivity index (χ1) is 9.21. The molecular weight excluding hydrogens is 275 g/mol. The molecule has 2 aromatic rings. The predicted octanol–water partition coefficient (Wildman–Crippen LogP) is -1.20. The zero-order chi connectivity index (χ0) is 15.1. The first kappa shape index (κ1) is 14.0. The van der Waals surface area contributed by atoms with Crippen molar-refractivity contribution >= 4 is 5.97 Å². The van der Waals surface area contributed by atoms with Gasteiger partial charge >= 0.3 is 11.9 Å². The summed E-state index contributed by atoms with van der Waals surface area (Å²) in [7, 11) is 1.19. The van der Waals surface area contributed by atoms with Crippen LogP contribution in [0.25, 0.3) is 11.4 Å². The molecule has 0 unspecified atom stereocenters. The van der Waals surface area contributed by atoms with Crippen LogP contribution >= 0.6 is 0 Å². The minimum absolute atomic E-state index is 0.326. The summed E-state index contributed by atoms with van der Waals surface area (Å²) in [6.45, 7) is 0. The molecule has 0 saturated carbocycles. The Labute approximate surface area is 110 Å². The second kappa shape index (κ2) is 4.59. The highest BCUT2D eigenvalue weighted by molar-refractivity contribution is 5.93. The van der Waals surface area contributed by atoms with Crippen LogP contribution in [0, 0.1) is 5.82 Å². The van der Waals surface area contributed by atoms with E-state index in [9.17, 15) is 24.5 Å². The topological polar surface area (TPSA) is 142 Å². The Bertz CT molecular complexity index is 662. The number of halogens is 1. The van der Waals surface area contributed by atoms with Gasteiger partial charge in [-0.1, -0.05) is 0 Å². The number of hydrogen-bond acceptors (Lipinski definition) is 7. The molecule has 0 fully saturated rings. The van der Waals surface area contributed by atoms with Crippen LogP contribution in [-0.4, -0.2) is 46.1 Å². The molecule has 20 heavy (non-hydrogen) atoms. The van der Waals surface area contributed by atoms with E-state index in [1.807, 2.05) is 0 Å². The van der Waals surface area contributed by atoms with E-state index in [4.69, 9.17) is 5.11 Å². The third-order valence-corrected chi connectivity index (χ3v) is 2.41. The highest BCUT2D eigenvalue weighted by Crippen LogP contribution is 2.30. The largest absolute Gasteiger partial charge is 0.476 e. The number of carbonyl (C=O) groups is 1. The lowest BCUT2D eigenvalue weighted by Crippen LogP contribution is -2.28. The number of carboxylic acid groups (broad SMARTS) is 1. The molecule has 0 saturated heterocycles. The first-order valence-electron chi connectivity index (χ1n) is 5.17. The second-order valence-corrected chi connectivity index (χ2v) is 3.86. The number of aryl methyl sites for hydroxylation is 1. The molecule has 9 nitrogen and oxygen atoms in total. The van der Waals surface area contributed by atoms with E-state index in [2.05, 4.69) is 15.1 Å². The minimum Gasteiger partial charge on any atom is -0.476 e. The standard InChI is InChI=1S/C10H9FN4O5/c1-15-7(10(18,19)20)5(6(14-15)9(16)17)8-12-2-4(11)3-13-8/h2-3,18-20H,1H3,(H,16,17). The molecule has 10 heteroatoms. The van der Waals surface area contributed by atoms with Crippen molar-refractivity contribution in [3.63, 3.8) is 0 Å². The molecular formula is C10H9FN4O5. The second-order valence-electron chi connectivity index (χ2n) is 3.86. The summed E-state index contributed by atoms with van der Waals surface area (Å²) in [6, 6.07) is 0. The summed E-state index contributed by atoms with van der Waals surface area (Å²) in [5, 5.41) is 40.4. The summed E-state index contributed by atoms with van der Waals surface area (Å²) < 4.78 is 13.5. The number of aromatic nitrogens is 4.